The van der Waals surface area contributed by atoms with E-state index in [-0.39, 0.29) is 5.82 Å². The first-order valence-electron chi connectivity index (χ1n) is 6.79. The quantitative estimate of drug-likeness (QED) is 0.785. The molecule has 0 aliphatic carbocycles. The van der Waals surface area contributed by atoms with E-state index in [0.717, 1.165) is 25.2 Å². The molecule has 0 saturated carbocycles. The lowest BCUT2D eigenvalue weighted by atomic mass is 10.3. The highest BCUT2D eigenvalue weighted by Gasteiger charge is 2.03. The second-order valence-corrected chi connectivity index (χ2v) is 4.60. The van der Waals surface area contributed by atoms with Gasteiger partial charge in [-0.25, -0.2) is 14.4 Å². The van der Waals surface area contributed by atoms with Crippen LogP contribution in [0, 0.1) is 12.7 Å². The maximum atomic E-state index is 13.1. The molecule has 2 aromatic rings. The third kappa shape index (κ3) is 4.19. The van der Waals surface area contributed by atoms with Crippen LogP contribution < -0.4 is 10.6 Å². The molecule has 20 heavy (non-hydrogen) atoms. The Bertz CT molecular complexity index is 572. The minimum Gasteiger partial charge on any atom is -0.370 e. The van der Waals surface area contributed by atoms with Crippen molar-refractivity contribution in [2.24, 2.45) is 0 Å². The number of benzene rings is 1. The Morgan fingerprint density at radius 1 is 1.15 bits per heavy atom. The zero-order valence-corrected chi connectivity index (χ0v) is 11.8. The molecule has 106 valence electrons. The summed E-state index contributed by atoms with van der Waals surface area (Å²) in [5, 5.41) is 6.34. The number of nitrogens with zero attached hydrogens (tertiary/aromatic N) is 2. The number of hydrogen-bond donors (Lipinski definition) is 2. The standard InChI is InChI=1S/C15H19FN4/c1-3-4-8-17-14-10-15(19-11(2)18-14)20-13-7-5-6-12(16)9-13/h5-7,9-10H,3-4,8H2,1-2H3,(H2,17,18,19,20). The highest BCUT2D eigenvalue weighted by molar-refractivity contribution is 5.59. The van der Waals surface area contributed by atoms with Crippen molar-refractivity contribution in [3.63, 3.8) is 0 Å². The van der Waals surface area contributed by atoms with Crippen molar-refractivity contribution in [3.05, 3.63) is 42.0 Å². The van der Waals surface area contributed by atoms with Crippen LogP contribution in [-0.4, -0.2) is 16.5 Å². The zero-order valence-electron chi connectivity index (χ0n) is 11.8. The highest BCUT2D eigenvalue weighted by atomic mass is 19.1. The van der Waals surface area contributed by atoms with Crippen molar-refractivity contribution in [1.82, 2.24) is 9.97 Å². The first kappa shape index (κ1) is 14.2. The molecule has 4 nitrogen and oxygen atoms in total. The number of hydrogen-bond acceptors (Lipinski definition) is 4. The number of unbranched alkanes of at least 4 members (excludes halogenated alkanes) is 1. The third-order valence-corrected chi connectivity index (χ3v) is 2.77. The molecule has 2 N–H and O–H groups in total. The Hall–Kier alpha value is -2.17. The number of aromatic nitrogens is 2. The van der Waals surface area contributed by atoms with Crippen molar-refractivity contribution < 1.29 is 4.39 Å². The lowest BCUT2D eigenvalue weighted by Crippen LogP contribution is -2.06. The van der Waals surface area contributed by atoms with Gasteiger partial charge in [-0.3, -0.25) is 0 Å². The van der Waals surface area contributed by atoms with E-state index in [9.17, 15) is 4.39 Å². The van der Waals surface area contributed by atoms with Crippen molar-refractivity contribution >= 4 is 17.3 Å². The van der Waals surface area contributed by atoms with Gasteiger partial charge in [0.15, 0.2) is 0 Å². The number of rotatable bonds is 6. The Kier molecular flexibility index (Phi) is 4.87. The SMILES string of the molecule is CCCCNc1cc(Nc2cccc(F)c2)nc(C)n1. The van der Waals surface area contributed by atoms with E-state index in [2.05, 4.69) is 27.5 Å². The molecule has 0 amide bonds. The molecule has 0 atom stereocenters. The smallest absolute Gasteiger partial charge is 0.136 e. The fraction of sp³-hybridized carbons (Fsp3) is 0.333. The molecule has 0 unspecified atom stereocenters. The Labute approximate surface area is 118 Å². The third-order valence-electron chi connectivity index (χ3n) is 2.77. The van der Waals surface area contributed by atoms with Crippen LogP contribution in [0.3, 0.4) is 0 Å². The van der Waals surface area contributed by atoms with Gasteiger partial charge in [-0.1, -0.05) is 19.4 Å². The average molecular weight is 274 g/mol. The van der Waals surface area contributed by atoms with Crippen LogP contribution in [0.5, 0.6) is 0 Å². The average Bonchev–Trinajstić information content (AvgIpc) is 2.38. The molecular formula is C15H19FN4. The largest absolute Gasteiger partial charge is 0.370 e. The minimum atomic E-state index is -0.276. The van der Waals surface area contributed by atoms with Crippen LogP contribution >= 0.6 is 0 Å². The van der Waals surface area contributed by atoms with Gasteiger partial charge in [-0.05, 0) is 31.5 Å². The van der Waals surface area contributed by atoms with Crippen LogP contribution in [0.15, 0.2) is 30.3 Å². The van der Waals surface area contributed by atoms with Crippen LogP contribution in [0.4, 0.5) is 21.7 Å². The number of nitrogens with one attached hydrogen (secondary N) is 2. The van der Waals surface area contributed by atoms with Gasteiger partial charge < -0.3 is 10.6 Å². The summed E-state index contributed by atoms with van der Waals surface area (Å²) >= 11 is 0. The molecule has 1 heterocycles. The van der Waals surface area contributed by atoms with Gasteiger partial charge in [0, 0.05) is 18.3 Å². The summed E-state index contributed by atoms with van der Waals surface area (Å²) in [6.45, 7) is 4.86. The number of aryl methyl sites for hydroxylation is 1. The summed E-state index contributed by atoms with van der Waals surface area (Å²) in [7, 11) is 0. The summed E-state index contributed by atoms with van der Waals surface area (Å²) < 4.78 is 13.1. The van der Waals surface area contributed by atoms with Gasteiger partial charge in [0.25, 0.3) is 0 Å². The van der Waals surface area contributed by atoms with Gasteiger partial charge >= 0.3 is 0 Å². The fourth-order valence-electron chi connectivity index (χ4n) is 1.83. The summed E-state index contributed by atoms with van der Waals surface area (Å²) in [5.41, 5.74) is 0.669. The molecule has 2 rings (SSSR count). The Morgan fingerprint density at radius 3 is 2.70 bits per heavy atom. The highest BCUT2D eigenvalue weighted by Crippen LogP contribution is 2.18. The fourth-order valence-corrected chi connectivity index (χ4v) is 1.83. The van der Waals surface area contributed by atoms with Crippen LogP contribution in [-0.2, 0) is 0 Å². The summed E-state index contributed by atoms with van der Waals surface area (Å²) in [4.78, 5) is 8.63. The molecule has 0 saturated heterocycles. The van der Waals surface area contributed by atoms with Crippen LogP contribution in [0.25, 0.3) is 0 Å². The molecule has 0 radical (unpaired) electrons. The Balaban J connectivity index is 2.11. The minimum absolute atomic E-state index is 0.276. The maximum Gasteiger partial charge on any atom is 0.136 e. The van der Waals surface area contributed by atoms with Gasteiger partial charge in [-0.15, -0.1) is 0 Å². The molecular weight excluding hydrogens is 255 g/mol. The topological polar surface area (TPSA) is 49.8 Å². The lowest BCUT2D eigenvalue weighted by molar-refractivity contribution is 0.628. The maximum absolute atomic E-state index is 13.1. The predicted octanol–water partition coefficient (Wildman–Crippen LogP) is 3.88. The second-order valence-electron chi connectivity index (χ2n) is 4.60. The van der Waals surface area contributed by atoms with Gasteiger partial charge in [0.05, 0.1) is 0 Å². The predicted molar refractivity (Wildman–Crippen MR) is 79.8 cm³/mol. The monoisotopic (exact) mass is 274 g/mol. The summed E-state index contributed by atoms with van der Waals surface area (Å²) in [6.07, 6.45) is 2.22. The molecule has 0 spiro atoms. The Morgan fingerprint density at radius 2 is 1.95 bits per heavy atom. The zero-order chi connectivity index (χ0) is 14.4. The van der Waals surface area contributed by atoms with Gasteiger partial charge in [-0.2, -0.15) is 0 Å². The second kappa shape index (κ2) is 6.84. The molecule has 0 fully saturated rings. The summed E-state index contributed by atoms with van der Waals surface area (Å²) in [5.74, 6) is 1.83. The number of halogens is 1. The van der Waals surface area contributed by atoms with E-state index in [1.807, 2.05) is 13.0 Å². The molecule has 0 aliphatic rings. The van der Waals surface area contributed by atoms with Crippen molar-refractivity contribution in [2.45, 2.75) is 26.7 Å². The van der Waals surface area contributed by atoms with Crippen molar-refractivity contribution in [3.8, 4) is 0 Å². The van der Waals surface area contributed by atoms with E-state index in [0.29, 0.717) is 17.3 Å². The van der Waals surface area contributed by atoms with Crippen LogP contribution in [0.2, 0.25) is 0 Å². The molecule has 0 aliphatic heterocycles. The summed E-state index contributed by atoms with van der Waals surface area (Å²) in [6, 6.07) is 8.13. The van der Waals surface area contributed by atoms with E-state index >= 15 is 0 Å². The van der Waals surface area contributed by atoms with E-state index in [4.69, 9.17) is 0 Å². The first-order valence-corrected chi connectivity index (χ1v) is 6.79. The van der Waals surface area contributed by atoms with E-state index in [1.165, 1.54) is 12.1 Å². The molecule has 0 bridgehead atoms. The lowest BCUT2D eigenvalue weighted by Gasteiger charge is -2.10. The van der Waals surface area contributed by atoms with Crippen molar-refractivity contribution in [1.29, 1.82) is 0 Å². The van der Waals surface area contributed by atoms with E-state index < -0.39 is 0 Å². The van der Waals surface area contributed by atoms with Crippen molar-refractivity contribution in [2.75, 3.05) is 17.2 Å². The molecule has 5 heteroatoms. The first-order chi connectivity index (χ1) is 9.67. The number of anilines is 3. The normalized spacial score (nSPS) is 10.3. The van der Waals surface area contributed by atoms with E-state index in [1.54, 1.807) is 12.1 Å². The van der Waals surface area contributed by atoms with Crippen LogP contribution in [0.1, 0.15) is 25.6 Å². The molecule has 1 aromatic heterocycles. The van der Waals surface area contributed by atoms with Gasteiger partial charge in [0.2, 0.25) is 0 Å². The molecule has 1 aromatic carbocycles. The van der Waals surface area contributed by atoms with Gasteiger partial charge in [0.1, 0.15) is 23.3 Å².